The zero-order chi connectivity index (χ0) is 22.4. The lowest BCUT2D eigenvalue weighted by Crippen LogP contribution is -2.58. The Labute approximate surface area is 182 Å². The first-order valence-corrected chi connectivity index (χ1v) is 11.9. The molecule has 2 aliphatic rings. The molecular weight excluding hydrogens is 382 g/mol. The maximum atomic E-state index is 13.3. The van der Waals surface area contributed by atoms with Gasteiger partial charge in [-0.3, -0.25) is 9.69 Å². The van der Waals surface area contributed by atoms with Gasteiger partial charge in [0.15, 0.2) is 0 Å². The highest BCUT2D eigenvalue weighted by Gasteiger charge is 2.54. The van der Waals surface area contributed by atoms with Crippen LogP contribution in [-0.4, -0.2) is 52.0 Å². The van der Waals surface area contributed by atoms with Crippen molar-refractivity contribution >= 4 is 12.1 Å². The van der Waals surface area contributed by atoms with Gasteiger partial charge < -0.3 is 14.6 Å². The van der Waals surface area contributed by atoms with Gasteiger partial charge in [0.25, 0.3) is 0 Å². The smallest absolute Gasteiger partial charge is 0.411 e. The molecule has 2 fully saturated rings. The highest BCUT2D eigenvalue weighted by atomic mass is 16.6. The minimum absolute atomic E-state index is 0.144. The van der Waals surface area contributed by atoms with Gasteiger partial charge in [-0.15, -0.1) is 0 Å². The fraction of sp³-hybridized carbons (Fsp3) is 0.917. The Kier molecular flexibility index (Phi) is 9.01. The summed E-state index contributed by atoms with van der Waals surface area (Å²) in [7, 11) is 0. The monoisotopic (exact) mass is 425 g/mol. The van der Waals surface area contributed by atoms with E-state index >= 15 is 0 Å². The number of aliphatic hydroxyl groups excluding tert-OH is 1. The number of esters is 1. The van der Waals surface area contributed by atoms with Gasteiger partial charge >= 0.3 is 12.1 Å². The van der Waals surface area contributed by atoms with Gasteiger partial charge in [0.2, 0.25) is 0 Å². The van der Waals surface area contributed by atoms with E-state index in [1.807, 2.05) is 25.7 Å². The molecule has 0 bridgehead atoms. The van der Waals surface area contributed by atoms with Crippen molar-refractivity contribution in [1.82, 2.24) is 4.90 Å². The maximum Gasteiger partial charge on any atom is 0.411 e. The normalized spacial score (nSPS) is 27.9. The summed E-state index contributed by atoms with van der Waals surface area (Å²) in [5.74, 6) is 0.0247. The van der Waals surface area contributed by atoms with E-state index < -0.39 is 5.60 Å². The van der Waals surface area contributed by atoms with E-state index in [1.54, 1.807) is 0 Å². The lowest BCUT2D eigenvalue weighted by atomic mass is 9.69. The molecule has 2 rings (SSSR count). The standard InChI is InChI=1S/C24H43NO5/c1-6-7-11-21(27)13-12-19-10-8-9-15-24(19)16-14-20(17-29-18(2)26)25(24)22(28)30-23(3,4)5/h19-21,27H,6-17H2,1-5H3/t19-,20?,21-,24-/m0/s1. The molecule has 0 aromatic heterocycles. The van der Waals surface area contributed by atoms with Crippen LogP contribution in [0.15, 0.2) is 0 Å². The molecule has 174 valence electrons. The number of aliphatic hydroxyl groups is 1. The molecule has 1 aliphatic carbocycles. The second kappa shape index (κ2) is 10.8. The van der Waals surface area contributed by atoms with Crippen molar-refractivity contribution in [3.8, 4) is 0 Å². The van der Waals surface area contributed by atoms with E-state index in [9.17, 15) is 14.7 Å². The number of amides is 1. The van der Waals surface area contributed by atoms with Crippen molar-refractivity contribution in [3.63, 3.8) is 0 Å². The van der Waals surface area contributed by atoms with Gasteiger partial charge in [0, 0.05) is 12.5 Å². The molecule has 4 atom stereocenters. The summed E-state index contributed by atoms with van der Waals surface area (Å²) in [6.45, 7) is 9.43. The van der Waals surface area contributed by atoms with Crippen LogP contribution >= 0.6 is 0 Å². The van der Waals surface area contributed by atoms with Crippen molar-refractivity contribution in [3.05, 3.63) is 0 Å². The molecule has 30 heavy (non-hydrogen) atoms. The molecule has 0 aromatic rings. The summed E-state index contributed by atoms with van der Waals surface area (Å²) in [4.78, 5) is 26.7. The second-order valence-corrected chi connectivity index (χ2v) is 10.3. The number of nitrogens with zero attached hydrogens (tertiary/aromatic N) is 1. The zero-order valence-corrected chi connectivity index (χ0v) is 19.7. The summed E-state index contributed by atoms with van der Waals surface area (Å²) in [6.07, 6.45) is 10.1. The molecule has 1 saturated heterocycles. The Morgan fingerprint density at radius 3 is 2.53 bits per heavy atom. The summed E-state index contributed by atoms with van der Waals surface area (Å²) in [5, 5.41) is 10.4. The lowest BCUT2D eigenvalue weighted by Gasteiger charge is -2.49. The molecule has 1 unspecified atom stereocenters. The van der Waals surface area contributed by atoms with Gasteiger partial charge in [-0.1, -0.05) is 32.6 Å². The number of likely N-dealkylation sites (tertiary alicyclic amines) is 1. The Morgan fingerprint density at radius 2 is 1.90 bits per heavy atom. The lowest BCUT2D eigenvalue weighted by molar-refractivity contribution is -0.143. The van der Waals surface area contributed by atoms with Crippen molar-refractivity contribution in [1.29, 1.82) is 0 Å². The third-order valence-electron chi connectivity index (χ3n) is 6.74. The number of carbonyl (C=O) groups excluding carboxylic acids is 2. The molecule has 6 nitrogen and oxygen atoms in total. The van der Waals surface area contributed by atoms with Gasteiger partial charge in [-0.25, -0.2) is 4.79 Å². The summed E-state index contributed by atoms with van der Waals surface area (Å²) in [5.41, 5.74) is -0.830. The highest BCUT2D eigenvalue weighted by molar-refractivity contribution is 5.71. The summed E-state index contributed by atoms with van der Waals surface area (Å²) >= 11 is 0. The topological polar surface area (TPSA) is 76.1 Å². The highest BCUT2D eigenvalue weighted by Crippen LogP contribution is 2.50. The minimum Gasteiger partial charge on any atom is -0.464 e. The summed E-state index contributed by atoms with van der Waals surface area (Å²) in [6, 6.07) is -0.144. The van der Waals surface area contributed by atoms with Crippen LogP contribution in [0, 0.1) is 5.92 Å². The Bertz CT molecular complexity index is 572. The predicted molar refractivity (Wildman–Crippen MR) is 117 cm³/mol. The van der Waals surface area contributed by atoms with Gasteiger partial charge in [0.1, 0.15) is 12.2 Å². The average molecular weight is 426 g/mol. The molecule has 0 radical (unpaired) electrons. The van der Waals surface area contributed by atoms with Crippen LogP contribution < -0.4 is 0 Å². The molecule has 1 N–H and O–H groups in total. The maximum absolute atomic E-state index is 13.3. The predicted octanol–water partition coefficient (Wildman–Crippen LogP) is 5.21. The zero-order valence-electron chi connectivity index (χ0n) is 19.7. The van der Waals surface area contributed by atoms with Crippen LogP contribution in [0.2, 0.25) is 0 Å². The summed E-state index contributed by atoms with van der Waals surface area (Å²) < 4.78 is 11.1. The van der Waals surface area contributed by atoms with E-state index in [-0.39, 0.29) is 36.4 Å². The molecule has 1 amide bonds. The van der Waals surface area contributed by atoms with Crippen molar-refractivity contribution in [2.24, 2.45) is 5.92 Å². The van der Waals surface area contributed by atoms with Crippen LogP contribution in [-0.2, 0) is 14.3 Å². The molecule has 1 saturated carbocycles. The van der Waals surface area contributed by atoms with Crippen LogP contribution in [0.1, 0.15) is 105 Å². The van der Waals surface area contributed by atoms with Crippen molar-refractivity contribution in [2.45, 2.75) is 129 Å². The van der Waals surface area contributed by atoms with Gasteiger partial charge in [-0.2, -0.15) is 0 Å². The largest absolute Gasteiger partial charge is 0.464 e. The number of rotatable bonds is 8. The van der Waals surface area contributed by atoms with E-state index in [2.05, 4.69) is 6.92 Å². The first kappa shape index (κ1) is 25.0. The molecule has 1 heterocycles. The van der Waals surface area contributed by atoms with Crippen LogP contribution in [0.5, 0.6) is 0 Å². The Hall–Kier alpha value is -1.30. The number of hydrogen-bond acceptors (Lipinski definition) is 5. The number of carbonyl (C=O) groups is 2. The second-order valence-electron chi connectivity index (χ2n) is 10.3. The third kappa shape index (κ3) is 6.60. The fourth-order valence-electron chi connectivity index (χ4n) is 5.37. The Morgan fingerprint density at radius 1 is 1.17 bits per heavy atom. The van der Waals surface area contributed by atoms with E-state index in [4.69, 9.17) is 9.47 Å². The van der Waals surface area contributed by atoms with Crippen molar-refractivity contribution < 1.29 is 24.2 Å². The SMILES string of the molecule is CCCC[C@H](O)CC[C@@H]1CCCC[C@]12CCC(COC(C)=O)N2C(=O)OC(C)(C)C. The van der Waals surface area contributed by atoms with E-state index in [1.165, 1.54) is 6.92 Å². The first-order chi connectivity index (χ1) is 14.1. The van der Waals surface area contributed by atoms with Crippen molar-refractivity contribution in [2.75, 3.05) is 6.61 Å². The van der Waals surface area contributed by atoms with E-state index in [0.717, 1.165) is 70.6 Å². The van der Waals surface area contributed by atoms with Gasteiger partial charge in [0.05, 0.1) is 12.1 Å². The average Bonchev–Trinajstić information content (AvgIpc) is 3.01. The minimum atomic E-state index is -0.576. The molecular formula is C24H43NO5. The van der Waals surface area contributed by atoms with E-state index in [0.29, 0.717) is 5.92 Å². The number of unbranched alkanes of at least 4 members (excludes halogenated alkanes) is 1. The molecule has 0 aromatic carbocycles. The molecule has 1 aliphatic heterocycles. The number of hydrogen-bond donors (Lipinski definition) is 1. The molecule has 6 heteroatoms. The fourth-order valence-corrected chi connectivity index (χ4v) is 5.37. The number of ether oxygens (including phenoxy) is 2. The first-order valence-electron chi connectivity index (χ1n) is 11.9. The van der Waals surface area contributed by atoms with Crippen LogP contribution in [0.25, 0.3) is 0 Å². The quantitative estimate of drug-likeness (QED) is 0.540. The van der Waals surface area contributed by atoms with Gasteiger partial charge in [-0.05, 0) is 71.6 Å². The van der Waals surface area contributed by atoms with Crippen LogP contribution in [0.3, 0.4) is 0 Å². The Balaban J connectivity index is 2.21. The third-order valence-corrected chi connectivity index (χ3v) is 6.74. The molecule has 1 spiro atoms. The van der Waals surface area contributed by atoms with Crippen LogP contribution in [0.4, 0.5) is 4.79 Å².